The highest BCUT2D eigenvalue weighted by molar-refractivity contribution is 7.87. The number of carbonyl (C=O) groups excluding carboxylic acids is 1. The van der Waals surface area contributed by atoms with Crippen molar-refractivity contribution in [1.29, 1.82) is 0 Å². The van der Waals surface area contributed by atoms with E-state index in [-0.39, 0.29) is 30.8 Å². The summed E-state index contributed by atoms with van der Waals surface area (Å²) in [4.78, 5) is 22.8. The molecule has 3 aliphatic rings. The summed E-state index contributed by atoms with van der Waals surface area (Å²) in [6.45, 7) is 6.24. The highest BCUT2D eigenvalue weighted by Gasteiger charge is 2.66. The van der Waals surface area contributed by atoms with Crippen molar-refractivity contribution in [2.75, 3.05) is 27.3 Å². The number of ether oxygens (including phenoxy) is 2. The van der Waals surface area contributed by atoms with Gasteiger partial charge in [0.25, 0.3) is 10.2 Å². The molecule has 196 valence electrons. The minimum absolute atomic E-state index is 0.0235. The normalized spacial score (nSPS) is 34.7. The van der Waals surface area contributed by atoms with Crippen molar-refractivity contribution in [3.05, 3.63) is 24.0 Å². The first-order chi connectivity index (χ1) is 16.5. The largest absolute Gasteiger partial charge is 0.450 e. The molecular weight excluding hydrogens is 477 g/mol. The minimum Gasteiger partial charge on any atom is -0.450 e. The zero-order chi connectivity index (χ0) is 25.5. The van der Waals surface area contributed by atoms with Gasteiger partial charge in [-0.1, -0.05) is 6.92 Å². The Balaban J connectivity index is 1.44. The van der Waals surface area contributed by atoms with E-state index in [4.69, 9.17) is 9.47 Å². The molecular formula is C23H36FN5O5S. The van der Waals surface area contributed by atoms with Crippen molar-refractivity contribution >= 4 is 16.3 Å². The van der Waals surface area contributed by atoms with Crippen LogP contribution in [0.1, 0.15) is 52.3 Å². The first kappa shape index (κ1) is 26.2. The number of likely N-dealkylation sites (tertiary alicyclic amines) is 1. The summed E-state index contributed by atoms with van der Waals surface area (Å²) >= 11 is 0. The van der Waals surface area contributed by atoms with Crippen LogP contribution in [0.15, 0.2) is 12.4 Å². The molecule has 7 atom stereocenters. The first-order valence-electron chi connectivity index (χ1n) is 12.3. The lowest BCUT2D eigenvalue weighted by Crippen LogP contribution is -2.52. The van der Waals surface area contributed by atoms with Crippen LogP contribution in [0.4, 0.5) is 9.18 Å². The van der Waals surface area contributed by atoms with Crippen LogP contribution in [0, 0.1) is 17.7 Å². The van der Waals surface area contributed by atoms with Gasteiger partial charge in [0.1, 0.15) is 5.82 Å². The van der Waals surface area contributed by atoms with Crippen LogP contribution < -0.4 is 4.72 Å². The third-order valence-corrected chi connectivity index (χ3v) is 9.62. The maximum Gasteiger partial charge on any atom is 0.410 e. The standard InChI is InChI=1S/C23H36FN5O5S/c1-6-33-22(30)29-14(2)9-19(27-35(31,32)28(4)5)20(29)13-34-17-7-8-23(15(3)18(23)10-17)21-25-11-16(24)12-26-21/h11-12,14-15,17-20,27H,6-10,13H2,1-5H3/t14-,15?,17+,18?,19+,20+,23-/m1/s1. The molecule has 2 heterocycles. The molecule has 2 saturated carbocycles. The van der Waals surface area contributed by atoms with Crippen molar-refractivity contribution in [3.8, 4) is 0 Å². The number of halogens is 1. The van der Waals surface area contributed by atoms with Crippen LogP contribution in [0.25, 0.3) is 0 Å². The van der Waals surface area contributed by atoms with Crippen LogP contribution in [-0.2, 0) is 25.1 Å². The van der Waals surface area contributed by atoms with Gasteiger partial charge >= 0.3 is 6.09 Å². The molecule has 0 aromatic carbocycles. The second-order valence-electron chi connectivity index (χ2n) is 10.2. The number of hydrogen-bond donors (Lipinski definition) is 1. The number of hydrogen-bond acceptors (Lipinski definition) is 7. The van der Waals surface area contributed by atoms with E-state index in [0.29, 0.717) is 24.1 Å². The maximum atomic E-state index is 13.3. The quantitative estimate of drug-likeness (QED) is 0.566. The maximum absolute atomic E-state index is 13.3. The van der Waals surface area contributed by atoms with Crippen LogP contribution in [0.5, 0.6) is 0 Å². The van der Waals surface area contributed by atoms with E-state index in [1.54, 1.807) is 11.8 Å². The summed E-state index contributed by atoms with van der Waals surface area (Å²) < 4.78 is 53.8. The number of amides is 1. The van der Waals surface area contributed by atoms with Gasteiger partial charge in [-0.2, -0.15) is 17.4 Å². The predicted molar refractivity (Wildman–Crippen MR) is 126 cm³/mol. The Labute approximate surface area is 206 Å². The van der Waals surface area contributed by atoms with E-state index in [9.17, 15) is 17.6 Å². The molecule has 10 nitrogen and oxygen atoms in total. The average Bonchev–Trinajstić information content (AvgIpc) is 3.26. The Morgan fingerprint density at radius 3 is 2.57 bits per heavy atom. The van der Waals surface area contributed by atoms with Crippen molar-refractivity contribution in [3.63, 3.8) is 0 Å². The Hall–Kier alpha value is -1.89. The van der Waals surface area contributed by atoms with Gasteiger partial charge in [0, 0.05) is 31.6 Å². The van der Waals surface area contributed by atoms with Gasteiger partial charge in [-0.3, -0.25) is 4.90 Å². The van der Waals surface area contributed by atoms with Crippen molar-refractivity contribution in [1.82, 2.24) is 23.9 Å². The summed E-state index contributed by atoms with van der Waals surface area (Å²) in [6.07, 6.45) is 4.87. The molecule has 4 rings (SSSR count). The van der Waals surface area contributed by atoms with Gasteiger partial charge in [0.05, 0.1) is 37.8 Å². The van der Waals surface area contributed by atoms with Gasteiger partial charge in [-0.25, -0.2) is 19.2 Å². The van der Waals surface area contributed by atoms with Crippen molar-refractivity contribution in [2.24, 2.45) is 11.8 Å². The second kappa shape index (κ2) is 9.87. The van der Waals surface area contributed by atoms with E-state index in [0.717, 1.165) is 23.6 Å². The lowest BCUT2D eigenvalue weighted by molar-refractivity contribution is -0.0117. The smallest absolute Gasteiger partial charge is 0.410 e. The molecule has 0 bridgehead atoms. The fraction of sp³-hybridized carbons (Fsp3) is 0.783. The fourth-order valence-corrected chi connectivity index (χ4v) is 6.91. The first-order valence-corrected chi connectivity index (χ1v) is 13.7. The molecule has 2 unspecified atom stereocenters. The number of nitrogens with one attached hydrogen (secondary N) is 1. The molecule has 3 fully saturated rings. The Kier molecular flexibility index (Phi) is 7.38. The van der Waals surface area contributed by atoms with Crippen LogP contribution in [0.3, 0.4) is 0 Å². The van der Waals surface area contributed by atoms with Crippen molar-refractivity contribution in [2.45, 2.75) is 76.1 Å². The van der Waals surface area contributed by atoms with Crippen LogP contribution in [0.2, 0.25) is 0 Å². The Morgan fingerprint density at radius 1 is 1.29 bits per heavy atom. The molecule has 1 N–H and O–H groups in total. The zero-order valence-electron chi connectivity index (χ0n) is 21.0. The number of aromatic nitrogens is 2. The second-order valence-corrected chi connectivity index (χ2v) is 12.1. The molecule has 1 amide bonds. The number of rotatable bonds is 8. The van der Waals surface area contributed by atoms with E-state index in [2.05, 4.69) is 21.6 Å². The molecule has 1 aliphatic heterocycles. The lowest BCUT2D eigenvalue weighted by Gasteiger charge is -2.33. The summed E-state index contributed by atoms with van der Waals surface area (Å²) in [5.41, 5.74) is -0.129. The Bertz CT molecular complexity index is 1030. The van der Waals surface area contributed by atoms with Gasteiger partial charge in [-0.15, -0.1) is 0 Å². The third-order valence-electron chi connectivity index (χ3n) is 8.06. The van der Waals surface area contributed by atoms with E-state index in [1.165, 1.54) is 26.5 Å². The Morgan fingerprint density at radius 2 is 1.97 bits per heavy atom. The predicted octanol–water partition coefficient (Wildman–Crippen LogP) is 2.07. The summed E-state index contributed by atoms with van der Waals surface area (Å²) in [7, 11) is -0.758. The topological polar surface area (TPSA) is 114 Å². The van der Waals surface area contributed by atoms with Gasteiger partial charge in [0.2, 0.25) is 0 Å². The van der Waals surface area contributed by atoms with Crippen LogP contribution in [-0.4, -0.2) is 85.2 Å². The lowest BCUT2D eigenvalue weighted by atomic mass is 9.85. The molecule has 0 spiro atoms. The van der Waals surface area contributed by atoms with Gasteiger partial charge < -0.3 is 9.47 Å². The summed E-state index contributed by atoms with van der Waals surface area (Å²) in [6, 6.07) is -1.17. The third kappa shape index (κ3) is 4.90. The van der Waals surface area contributed by atoms with E-state index >= 15 is 0 Å². The minimum atomic E-state index is -3.69. The molecule has 0 radical (unpaired) electrons. The zero-order valence-corrected chi connectivity index (χ0v) is 21.8. The molecule has 1 saturated heterocycles. The monoisotopic (exact) mass is 513 g/mol. The number of carbonyl (C=O) groups is 1. The molecule has 2 aliphatic carbocycles. The summed E-state index contributed by atoms with van der Waals surface area (Å²) in [5.74, 6) is 0.983. The van der Waals surface area contributed by atoms with E-state index in [1.807, 2.05) is 6.92 Å². The number of fused-ring (bicyclic) bond motifs is 1. The van der Waals surface area contributed by atoms with Gasteiger partial charge in [-0.05, 0) is 51.4 Å². The molecule has 12 heteroatoms. The highest BCUT2D eigenvalue weighted by Crippen LogP contribution is 2.66. The van der Waals surface area contributed by atoms with Crippen LogP contribution >= 0.6 is 0 Å². The molecule has 1 aromatic heterocycles. The van der Waals surface area contributed by atoms with Crippen molar-refractivity contribution < 1.29 is 27.1 Å². The fourth-order valence-electron chi connectivity index (χ4n) is 6.07. The van der Waals surface area contributed by atoms with E-state index < -0.39 is 34.2 Å². The highest BCUT2D eigenvalue weighted by atomic mass is 32.2. The van der Waals surface area contributed by atoms with Gasteiger partial charge in [0.15, 0.2) is 5.82 Å². The average molecular weight is 514 g/mol. The SMILES string of the molecule is CCOC(=O)N1[C@H](C)C[C@H](NS(=O)(=O)N(C)C)[C@@H]1CO[C@H]1CC[C@@]2(c3ncc(F)cn3)C(C)C2C1. The number of nitrogens with zero attached hydrogens (tertiary/aromatic N) is 4. The molecule has 1 aromatic rings. The summed E-state index contributed by atoms with van der Waals surface area (Å²) in [5, 5.41) is 0. The molecule has 35 heavy (non-hydrogen) atoms.